The van der Waals surface area contributed by atoms with E-state index < -0.39 is 0 Å². The smallest absolute Gasteiger partial charge is 0.289 e. The molecule has 6 heteroatoms. The number of carbonyl (C=O) groups excluding carboxylic acids is 1. The Balaban J connectivity index is 1.33. The molecule has 0 spiro atoms. The van der Waals surface area contributed by atoms with Crippen LogP contribution in [0.2, 0.25) is 0 Å². The zero-order valence-electron chi connectivity index (χ0n) is 18.0. The van der Waals surface area contributed by atoms with Crippen molar-refractivity contribution < 1.29 is 9.53 Å². The third-order valence-electron chi connectivity index (χ3n) is 4.96. The van der Waals surface area contributed by atoms with Gasteiger partial charge in [-0.3, -0.25) is 9.89 Å². The summed E-state index contributed by atoms with van der Waals surface area (Å²) in [7, 11) is 0. The summed E-state index contributed by atoms with van der Waals surface area (Å²) in [5, 5.41) is 11.0. The van der Waals surface area contributed by atoms with Gasteiger partial charge in [0.05, 0.1) is 11.9 Å². The molecule has 0 radical (unpaired) electrons. The molecule has 1 heterocycles. The normalized spacial score (nSPS) is 10.9. The number of ether oxygens (including phenoxy) is 1. The van der Waals surface area contributed by atoms with E-state index in [0.717, 1.165) is 22.4 Å². The van der Waals surface area contributed by atoms with Crippen LogP contribution in [0.25, 0.3) is 11.3 Å². The number of nitrogens with one attached hydrogen (secondary N) is 2. The predicted molar refractivity (Wildman–Crippen MR) is 126 cm³/mol. The van der Waals surface area contributed by atoms with Gasteiger partial charge in [-0.15, -0.1) is 0 Å². The van der Waals surface area contributed by atoms with Crippen LogP contribution in [-0.4, -0.2) is 22.3 Å². The SMILES string of the molecule is Cc1ccc(C=NNC(=O)c2cc(-c3ccc(OCc4ccc(C)cc4)cc3)n[nH]2)cc1. The standard InChI is InChI=1S/C26H24N4O2/c1-18-3-7-20(8-4-18)16-27-30-26(31)25-15-24(28-29-25)22-11-13-23(14-12-22)32-17-21-9-5-19(2)6-10-21/h3-16H,17H2,1-2H3,(H,28,29)(H,30,31). The molecule has 0 fully saturated rings. The molecule has 4 rings (SSSR count). The van der Waals surface area contributed by atoms with Gasteiger partial charge in [0.15, 0.2) is 0 Å². The van der Waals surface area contributed by atoms with Gasteiger partial charge in [-0.2, -0.15) is 10.2 Å². The Morgan fingerprint density at radius 3 is 2.31 bits per heavy atom. The Kier molecular flexibility index (Phi) is 6.41. The number of carbonyl (C=O) groups is 1. The lowest BCUT2D eigenvalue weighted by molar-refractivity contribution is 0.0950. The number of aryl methyl sites for hydroxylation is 2. The van der Waals surface area contributed by atoms with Crippen molar-refractivity contribution in [1.82, 2.24) is 15.6 Å². The van der Waals surface area contributed by atoms with Crippen LogP contribution in [0.1, 0.15) is 32.7 Å². The third kappa shape index (κ3) is 5.49. The van der Waals surface area contributed by atoms with Crippen molar-refractivity contribution in [2.75, 3.05) is 0 Å². The fourth-order valence-corrected chi connectivity index (χ4v) is 3.04. The van der Waals surface area contributed by atoms with Gasteiger partial charge in [-0.1, -0.05) is 59.7 Å². The summed E-state index contributed by atoms with van der Waals surface area (Å²) < 4.78 is 5.85. The lowest BCUT2D eigenvalue weighted by Crippen LogP contribution is -2.17. The predicted octanol–water partition coefficient (Wildman–Crippen LogP) is 5.04. The molecule has 1 amide bonds. The van der Waals surface area contributed by atoms with Gasteiger partial charge in [0.25, 0.3) is 5.91 Å². The monoisotopic (exact) mass is 424 g/mol. The number of hydrogen-bond acceptors (Lipinski definition) is 4. The Bertz CT molecular complexity index is 1210. The second-order valence-electron chi connectivity index (χ2n) is 7.58. The molecule has 1 aromatic heterocycles. The zero-order chi connectivity index (χ0) is 22.3. The lowest BCUT2D eigenvalue weighted by Gasteiger charge is -2.07. The highest BCUT2D eigenvalue weighted by Crippen LogP contribution is 2.22. The quantitative estimate of drug-likeness (QED) is 0.322. The van der Waals surface area contributed by atoms with Crippen molar-refractivity contribution >= 4 is 12.1 Å². The summed E-state index contributed by atoms with van der Waals surface area (Å²) in [6.07, 6.45) is 1.60. The first-order valence-corrected chi connectivity index (χ1v) is 10.3. The summed E-state index contributed by atoms with van der Waals surface area (Å²) in [6, 6.07) is 25.4. The van der Waals surface area contributed by atoms with E-state index in [4.69, 9.17) is 4.74 Å². The molecule has 0 aliphatic rings. The summed E-state index contributed by atoms with van der Waals surface area (Å²) in [5.74, 6) is 0.415. The number of benzene rings is 3. The van der Waals surface area contributed by atoms with Crippen LogP contribution in [-0.2, 0) is 6.61 Å². The molecule has 0 aliphatic carbocycles. The summed E-state index contributed by atoms with van der Waals surface area (Å²) in [4.78, 5) is 12.3. The van der Waals surface area contributed by atoms with Crippen LogP contribution >= 0.6 is 0 Å². The number of hydrazone groups is 1. The Hall–Kier alpha value is -4.19. The second-order valence-corrected chi connectivity index (χ2v) is 7.58. The van der Waals surface area contributed by atoms with Crippen molar-refractivity contribution in [2.24, 2.45) is 5.10 Å². The van der Waals surface area contributed by atoms with Crippen molar-refractivity contribution in [2.45, 2.75) is 20.5 Å². The molecule has 0 saturated carbocycles. The summed E-state index contributed by atoms with van der Waals surface area (Å²) in [5.41, 5.74) is 8.82. The van der Waals surface area contributed by atoms with E-state index in [1.807, 2.05) is 55.5 Å². The van der Waals surface area contributed by atoms with Crippen LogP contribution in [0.15, 0.2) is 84.0 Å². The van der Waals surface area contributed by atoms with Crippen LogP contribution in [0.3, 0.4) is 0 Å². The van der Waals surface area contributed by atoms with Gasteiger partial charge in [-0.05, 0) is 55.3 Å². The molecular formula is C26H24N4O2. The van der Waals surface area contributed by atoms with Crippen molar-refractivity contribution in [3.8, 4) is 17.0 Å². The Morgan fingerprint density at radius 1 is 0.969 bits per heavy atom. The van der Waals surface area contributed by atoms with Crippen molar-refractivity contribution in [3.63, 3.8) is 0 Å². The highest BCUT2D eigenvalue weighted by Gasteiger charge is 2.10. The maximum atomic E-state index is 12.3. The van der Waals surface area contributed by atoms with Gasteiger partial charge in [-0.25, -0.2) is 5.43 Å². The minimum Gasteiger partial charge on any atom is -0.489 e. The van der Waals surface area contributed by atoms with Gasteiger partial charge in [0, 0.05) is 5.56 Å². The molecule has 6 nitrogen and oxygen atoms in total. The van der Waals surface area contributed by atoms with Gasteiger partial charge in [0.1, 0.15) is 18.1 Å². The molecule has 0 bridgehead atoms. The molecule has 0 atom stereocenters. The lowest BCUT2D eigenvalue weighted by atomic mass is 10.1. The zero-order valence-corrected chi connectivity index (χ0v) is 18.0. The van der Waals surface area contributed by atoms with E-state index in [1.165, 1.54) is 11.1 Å². The molecule has 2 N–H and O–H groups in total. The number of rotatable bonds is 7. The molecule has 4 aromatic rings. The minimum absolute atomic E-state index is 0.334. The molecule has 0 aliphatic heterocycles. The van der Waals surface area contributed by atoms with E-state index in [0.29, 0.717) is 18.0 Å². The fourth-order valence-electron chi connectivity index (χ4n) is 3.04. The summed E-state index contributed by atoms with van der Waals surface area (Å²) >= 11 is 0. The molecule has 160 valence electrons. The highest BCUT2D eigenvalue weighted by atomic mass is 16.5. The van der Waals surface area contributed by atoms with Gasteiger partial charge < -0.3 is 4.74 Å². The van der Waals surface area contributed by atoms with E-state index in [9.17, 15) is 4.79 Å². The summed E-state index contributed by atoms with van der Waals surface area (Å²) in [6.45, 7) is 4.59. The molecule has 0 unspecified atom stereocenters. The average molecular weight is 425 g/mol. The maximum absolute atomic E-state index is 12.3. The topological polar surface area (TPSA) is 79.4 Å². The van der Waals surface area contributed by atoms with Gasteiger partial charge >= 0.3 is 0 Å². The Morgan fingerprint density at radius 2 is 1.62 bits per heavy atom. The first-order chi connectivity index (χ1) is 15.6. The van der Waals surface area contributed by atoms with E-state index in [1.54, 1.807) is 12.3 Å². The van der Waals surface area contributed by atoms with Crippen LogP contribution in [0.5, 0.6) is 5.75 Å². The number of aromatic amines is 1. The third-order valence-corrected chi connectivity index (χ3v) is 4.96. The highest BCUT2D eigenvalue weighted by molar-refractivity contribution is 5.94. The number of aromatic nitrogens is 2. The number of hydrogen-bond donors (Lipinski definition) is 2. The average Bonchev–Trinajstić information content (AvgIpc) is 3.31. The molecular weight excluding hydrogens is 400 g/mol. The van der Waals surface area contributed by atoms with Crippen LogP contribution < -0.4 is 10.2 Å². The van der Waals surface area contributed by atoms with Crippen molar-refractivity contribution in [3.05, 3.63) is 107 Å². The van der Waals surface area contributed by atoms with Gasteiger partial charge in [0.2, 0.25) is 0 Å². The largest absolute Gasteiger partial charge is 0.489 e. The Labute approximate surface area is 187 Å². The molecule has 32 heavy (non-hydrogen) atoms. The van der Waals surface area contributed by atoms with Crippen molar-refractivity contribution in [1.29, 1.82) is 0 Å². The fraction of sp³-hybridized carbons (Fsp3) is 0.115. The minimum atomic E-state index is -0.356. The van der Waals surface area contributed by atoms with Crippen LogP contribution in [0.4, 0.5) is 0 Å². The number of amides is 1. The maximum Gasteiger partial charge on any atom is 0.289 e. The number of nitrogens with zero attached hydrogens (tertiary/aromatic N) is 2. The first-order valence-electron chi connectivity index (χ1n) is 10.3. The second kappa shape index (κ2) is 9.75. The van der Waals surface area contributed by atoms with Crippen LogP contribution in [0, 0.1) is 13.8 Å². The first kappa shape index (κ1) is 21.1. The molecule has 0 saturated heterocycles. The molecule has 3 aromatic carbocycles. The van der Waals surface area contributed by atoms with E-state index in [-0.39, 0.29) is 5.91 Å². The number of H-pyrrole nitrogens is 1. The van der Waals surface area contributed by atoms with E-state index >= 15 is 0 Å². The van der Waals surface area contributed by atoms with E-state index in [2.05, 4.69) is 51.9 Å².